The lowest BCUT2D eigenvalue weighted by molar-refractivity contribution is 0.0789. The van der Waals surface area contributed by atoms with Crippen molar-refractivity contribution in [2.45, 2.75) is 6.54 Å². The van der Waals surface area contributed by atoms with Crippen LogP contribution in [-0.2, 0) is 6.54 Å². The fraction of sp³-hybridized carbons (Fsp3) is 0.160. The molecule has 1 aliphatic heterocycles. The molecule has 0 radical (unpaired) electrons. The molecule has 2 aromatic carbocycles. The van der Waals surface area contributed by atoms with E-state index in [1.54, 1.807) is 41.6 Å². The first-order chi connectivity index (χ1) is 15.4. The summed E-state index contributed by atoms with van der Waals surface area (Å²) in [5.41, 5.74) is 10.3. The lowest BCUT2D eigenvalue weighted by Crippen LogP contribution is -2.28. The number of anilines is 1. The molecule has 32 heavy (non-hydrogen) atoms. The molecule has 4 rings (SSSR count). The SMILES string of the molecule is C=C(CN1Cc2c(-c3cccnc3)ccc(N)c2C1=O)C(=O)c1ccc(OC)c(OC)c1. The number of hydrogen-bond acceptors (Lipinski definition) is 6. The van der Waals surface area contributed by atoms with Gasteiger partial charge in [-0.25, -0.2) is 0 Å². The third-order valence-corrected chi connectivity index (χ3v) is 5.52. The van der Waals surface area contributed by atoms with Gasteiger partial charge in [0.1, 0.15) is 0 Å². The van der Waals surface area contributed by atoms with Crippen LogP contribution in [0.4, 0.5) is 5.69 Å². The summed E-state index contributed by atoms with van der Waals surface area (Å²) in [6.07, 6.45) is 3.45. The maximum atomic E-state index is 13.1. The third-order valence-electron chi connectivity index (χ3n) is 5.52. The number of ketones is 1. The molecule has 0 bridgehead atoms. The zero-order valence-corrected chi connectivity index (χ0v) is 17.9. The van der Waals surface area contributed by atoms with Gasteiger partial charge in [0, 0.05) is 47.9 Å². The number of Topliss-reactive ketones (excluding diaryl/α,β-unsaturated/α-hetero) is 1. The van der Waals surface area contributed by atoms with Crippen LogP contribution in [0.2, 0.25) is 0 Å². The number of nitrogens with zero attached hydrogens (tertiary/aromatic N) is 2. The highest BCUT2D eigenvalue weighted by Crippen LogP contribution is 2.36. The average Bonchev–Trinajstić information content (AvgIpc) is 3.15. The number of carbonyl (C=O) groups is 2. The van der Waals surface area contributed by atoms with Gasteiger partial charge in [0.05, 0.1) is 19.8 Å². The molecule has 0 aliphatic carbocycles. The minimum Gasteiger partial charge on any atom is -0.493 e. The second-order valence-corrected chi connectivity index (χ2v) is 7.46. The molecule has 2 heterocycles. The minimum absolute atomic E-state index is 0.0899. The zero-order valence-electron chi connectivity index (χ0n) is 17.9. The second kappa shape index (κ2) is 8.55. The van der Waals surface area contributed by atoms with Crippen molar-refractivity contribution < 1.29 is 19.1 Å². The quantitative estimate of drug-likeness (QED) is 0.349. The van der Waals surface area contributed by atoms with Gasteiger partial charge in [-0.1, -0.05) is 18.7 Å². The first kappa shape index (κ1) is 21.1. The number of aromatic nitrogens is 1. The molecule has 0 saturated carbocycles. The van der Waals surface area contributed by atoms with Crippen molar-refractivity contribution in [2.75, 3.05) is 26.5 Å². The number of rotatable bonds is 7. The van der Waals surface area contributed by atoms with E-state index in [-0.39, 0.29) is 18.2 Å². The molecule has 1 aromatic heterocycles. The monoisotopic (exact) mass is 429 g/mol. The highest BCUT2D eigenvalue weighted by atomic mass is 16.5. The van der Waals surface area contributed by atoms with Crippen LogP contribution in [0, 0.1) is 0 Å². The van der Waals surface area contributed by atoms with Crippen LogP contribution in [0.5, 0.6) is 11.5 Å². The molecule has 1 aliphatic rings. The number of ether oxygens (including phenoxy) is 2. The van der Waals surface area contributed by atoms with Crippen molar-refractivity contribution >= 4 is 17.4 Å². The van der Waals surface area contributed by atoms with Gasteiger partial charge >= 0.3 is 0 Å². The van der Waals surface area contributed by atoms with E-state index < -0.39 is 0 Å². The molecule has 0 spiro atoms. The van der Waals surface area contributed by atoms with Crippen molar-refractivity contribution in [3.63, 3.8) is 0 Å². The summed E-state index contributed by atoms with van der Waals surface area (Å²) in [6.45, 7) is 4.36. The van der Waals surface area contributed by atoms with Gasteiger partial charge in [0.15, 0.2) is 17.3 Å². The van der Waals surface area contributed by atoms with Crippen molar-refractivity contribution in [1.29, 1.82) is 0 Å². The van der Waals surface area contributed by atoms with Crippen LogP contribution in [0.1, 0.15) is 26.3 Å². The number of nitrogen functional groups attached to an aromatic ring is 1. The predicted octanol–water partition coefficient (Wildman–Crippen LogP) is 3.74. The van der Waals surface area contributed by atoms with E-state index >= 15 is 0 Å². The van der Waals surface area contributed by atoms with Gasteiger partial charge in [0.25, 0.3) is 5.91 Å². The van der Waals surface area contributed by atoms with Gasteiger partial charge < -0.3 is 20.1 Å². The predicted molar refractivity (Wildman–Crippen MR) is 122 cm³/mol. The first-order valence-electron chi connectivity index (χ1n) is 10.00. The van der Waals surface area contributed by atoms with E-state index in [0.717, 1.165) is 16.7 Å². The van der Waals surface area contributed by atoms with E-state index in [1.807, 2.05) is 18.2 Å². The summed E-state index contributed by atoms with van der Waals surface area (Å²) in [7, 11) is 3.03. The lowest BCUT2D eigenvalue weighted by atomic mass is 9.97. The minimum atomic E-state index is -0.268. The number of nitrogens with two attached hydrogens (primary N) is 1. The molecular weight excluding hydrogens is 406 g/mol. The molecule has 7 heteroatoms. The van der Waals surface area contributed by atoms with Crippen molar-refractivity contribution in [1.82, 2.24) is 9.88 Å². The Morgan fingerprint density at radius 2 is 1.94 bits per heavy atom. The Bertz CT molecular complexity index is 1220. The van der Waals surface area contributed by atoms with Crippen molar-refractivity contribution in [3.8, 4) is 22.6 Å². The maximum Gasteiger partial charge on any atom is 0.256 e. The van der Waals surface area contributed by atoms with Crippen molar-refractivity contribution in [2.24, 2.45) is 0 Å². The molecule has 0 fully saturated rings. The highest BCUT2D eigenvalue weighted by Gasteiger charge is 2.33. The Morgan fingerprint density at radius 1 is 1.16 bits per heavy atom. The van der Waals surface area contributed by atoms with Crippen molar-refractivity contribution in [3.05, 3.63) is 83.7 Å². The molecule has 0 unspecified atom stereocenters. The second-order valence-electron chi connectivity index (χ2n) is 7.46. The standard InChI is InChI=1S/C25H23N3O4/c1-15(24(29)16-6-9-21(31-2)22(11-16)32-3)13-28-14-19-18(17-5-4-10-27-12-17)7-8-20(26)23(19)25(28)30/h4-12H,1,13-14,26H2,2-3H3. The van der Waals surface area contributed by atoms with E-state index in [1.165, 1.54) is 14.2 Å². The first-order valence-corrected chi connectivity index (χ1v) is 10.00. The third kappa shape index (κ3) is 3.69. The molecule has 7 nitrogen and oxygen atoms in total. The van der Waals surface area contributed by atoms with E-state index in [0.29, 0.717) is 40.4 Å². The van der Waals surface area contributed by atoms with Crippen LogP contribution in [-0.4, -0.2) is 42.3 Å². The Balaban J connectivity index is 1.58. The summed E-state index contributed by atoms with van der Waals surface area (Å²) < 4.78 is 10.5. The molecule has 0 atom stereocenters. The Hall–Kier alpha value is -4.13. The zero-order chi connectivity index (χ0) is 22.8. The van der Waals surface area contributed by atoms with E-state index in [9.17, 15) is 9.59 Å². The van der Waals surface area contributed by atoms with Gasteiger partial charge in [-0.15, -0.1) is 0 Å². The van der Waals surface area contributed by atoms with Gasteiger partial charge in [-0.2, -0.15) is 0 Å². The summed E-state index contributed by atoms with van der Waals surface area (Å²) in [4.78, 5) is 31.8. The normalized spacial score (nSPS) is 12.4. The van der Waals surface area contributed by atoms with Crippen LogP contribution in [0.15, 0.2) is 67.0 Å². The fourth-order valence-corrected chi connectivity index (χ4v) is 3.91. The van der Waals surface area contributed by atoms with E-state index in [4.69, 9.17) is 15.2 Å². The molecular formula is C25H23N3O4. The summed E-state index contributed by atoms with van der Waals surface area (Å²) in [6, 6.07) is 12.3. The number of pyridine rings is 1. The van der Waals surface area contributed by atoms with Gasteiger partial charge in [0.2, 0.25) is 0 Å². The van der Waals surface area contributed by atoms with Crippen LogP contribution < -0.4 is 15.2 Å². The lowest BCUT2D eigenvalue weighted by Gasteiger charge is -2.17. The number of fused-ring (bicyclic) bond motifs is 1. The number of amides is 1. The van der Waals surface area contributed by atoms with Crippen LogP contribution in [0.25, 0.3) is 11.1 Å². The molecule has 162 valence electrons. The van der Waals surface area contributed by atoms with Gasteiger partial charge in [-0.05, 0) is 41.5 Å². The molecule has 0 saturated heterocycles. The van der Waals surface area contributed by atoms with Gasteiger partial charge in [-0.3, -0.25) is 14.6 Å². The Morgan fingerprint density at radius 3 is 2.62 bits per heavy atom. The fourth-order valence-electron chi connectivity index (χ4n) is 3.91. The summed E-state index contributed by atoms with van der Waals surface area (Å²) in [5, 5.41) is 0. The Kier molecular flexibility index (Phi) is 5.64. The molecule has 1 amide bonds. The molecule has 3 aromatic rings. The average molecular weight is 429 g/mol. The summed E-state index contributed by atoms with van der Waals surface area (Å²) >= 11 is 0. The number of methoxy groups -OCH3 is 2. The van der Waals surface area contributed by atoms with E-state index in [2.05, 4.69) is 11.6 Å². The number of benzene rings is 2. The topological polar surface area (TPSA) is 94.8 Å². The van der Waals surface area contributed by atoms with Crippen LogP contribution in [0.3, 0.4) is 0 Å². The summed E-state index contributed by atoms with van der Waals surface area (Å²) in [5.74, 6) is 0.489. The Labute approximate surface area is 186 Å². The smallest absolute Gasteiger partial charge is 0.256 e. The largest absolute Gasteiger partial charge is 0.493 e. The van der Waals surface area contributed by atoms with Crippen LogP contribution >= 0.6 is 0 Å². The number of hydrogen-bond donors (Lipinski definition) is 1. The molecule has 2 N–H and O–H groups in total. The number of carbonyl (C=O) groups excluding carboxylic acids is 2. The highest BCUT2D eigenvalue weighted by molar-refractivity contribution is 6.10. The maximum absolute atomic E-state index is 13.1.